The molecule has 0 spiro atoms. The Morgan fingerprint density at radius 3 is 2.72 bits per heavy atom. The normalized spacial score (nSPS) is 11.3. The van der Waals surface area contributed by atoms with Gasteiger partial charge in [-0.15, -0.1) is 0 Å². The zero-order chi connectivity index (χ0) is 18.1. The average Bonchev–Trinajstić information content (AvgIpc) is 2.65. The van der Waals surface area contributed by atoms with Gasteiger partial charge in [-0.25, -0.2) is 9.78 Å². The van der Waals surface area contributed by atoms with Crippen molar-refractivity contribution in [2.24, 2.45) is 0 Å². The van der Waals surface area contributed by atoms with Crippen molar-refractivity contribution in [3.8, 4) is 11.5 Å². The summed E-state index contributed by atoms with van der Waals surface area (Å²) in [5, 5.41) is 8.73. The van der Waals surface area contributed by atoms with Crippen molar-refractivity contribution in [2.45, 2.75) is 13.0 Å². The first kappa shape index (κ1) is 18.3. The van der Waals surface area contributed by atoms with Crippen molar-refractivity contribution < 1.29 is 14.3 Å². The molecule has 25 heavy (non-hydrogen) atoms. The van der Waals surface area contributed by atoms with Gasteiger partial charge < -0.3 is 25.4 Å². The fraction of sp³-hybridized carbons (Fsp3) is 0.353. The van der Waals surface area contributed by atoms with Gasteiger partial charge in [0.25, 0.3) is 0 Å². The Balaban J connectivity index is 1.81. The zero-order valence-electron chi connectivity index (χ0n) is 14.6. The molecular formula is C17H23N5O3. The predicted molar refractivity (Wildman–Crippen MR) is 95.0 cm³/mol. The molecule has 0 saturated carbocycles. The summed E-state index contributed by atoms with van der Waals surface area (Å²) < 4.78 is 10.6. The number of ether oxygens (including phenoxy) is 2. The van der Waals surface area contributed by atoms with E-state index >= 15 is 0 Å². The Bertz CT molecular complexity index is 681. The van der Waals surface area contributed by atoms with Crippen molar-refractivity contribution in [2.75, 3.05) is 32.6 Å². The summed E-state index contributed by atoms with van der Waals surface area (Å²) in [6.45, 7) is 2.88. The molecule has 1 aromatic heterocycles. The molecule has 3 N–H and O–H groups in total. The van der Waals surface area contributed by atoms with Crippen molar-refractivity contribution in [1.29, 1.82) is 0 Å². The fourth-order valence-electron chi connectivity index (χ4n) is 2.26. The van der Waals surface area contributed by atoms with Crippen LogP contribution in [0.2, 0.25) is 0 Å². The Labute approximate surface area is 147 Å². The molecule has 8 nitrogen and oxygen atoms in total. The smallest absolute Gasteiger partial charge is 0.315 e. The van der Waals surface area contributed by atoms with Gasteiger partial charge in [-0.2, -0.15) is 0 Å². The summed E-state index contributed by atoms with van der Waals surface area (Å²) in [5.74, 6) is 2.06. The van der Waals surface area contributed by atoms with Gasteiger partial charge in [-0.3, -0.25) is 4.98 Å². The number of nitrogens with one attached hydrogen (secondary N) is 3. The summed E-state index contributed by atoms with van der Waals surface area (Å²) in [4.78, 5) is 20.1. The number of benzene rings is 1. The number of carbonyl (C=O) groups excluding carboxylic acids is 1. The molecule has 0 saturated heterocycles. The zero-order valence-corrected chi connectivity index (χ0v) is 14.6. The summed E-state index contributed by atoms with van der Waals surface area (Å²) >= 11 is 0. The highest BCUT2D eigenvalue weighted by Crippen LogP contribution is 2.29. The lowest BCUT2D eigenvalue weighted by Crippen LogP contribution is -2.39. The van der Waals surface area contributed by atoms with E-state index in [-0.39, 0.29) is 12.1 Å². The number of nitrogens with zero attached hydrogens (tertiary/aromatic N) is 2. The molecule has 0 aliphatic carbocycles. The molecule has 0 radical (unpaired) electrons. The van der Waals surface area contributed by atoms with Gasteiger partial charge in [0.2, 0.25) is 0 Å². The first-order valence-corrected chi connectivity index (χ1v) is 7.90. The largest absolute Gasteiger partial charge is 0.497 e. The van der Waals surface area contributed by atoms with Crippen molar-refractivity contribution >= 4 is 11.8 Å². The van der Waals surface area contributed by atoms with Crippen LogP contribution in [0.25, 0.3) is 0 Å². The Hall–Kier alpha value is -3.03. The van der Waals surface area contributed by atoms with Crippen LogP contribution in [0.1, 0.15) is 18.5 Å². The summed E-state index contributed by atoms with van der Waals surface area (Å²) in [5.41, 5.74) is 0.842. The topological polar surface area (TPSA) is 97.4 Å². The molecule has 1 atom stereocenters. The Morgan fingerprint density at radius 1 is 1.20 bits per heavy atom. The Morgan fingerprint density at radius 2 is 2.04 bits per heavy atom. The van der Waals surface area contributed by atoms with E-state index in [1.807, 2.05) is 25.1 Å². The molecule has 134 valence electrons. The lowest BCUT2D eigenvalue weighted by atomic mass is 10.1. The number of hydrogen-bond acceptors (Lipinski definition) is 6. The average molecular weight is 345 g/mol. The molecule has 2 rings (SSSR count). The molecule has 0 fully saturated rings. The van der Waals surface area contributed by atoms with E-state index in [2.05, 4.69) is 25.9 Å². The highest BCUT2D eigenvalue weighted by atomic mass is 16.5. The number of aromatic nitrogens is 2. The number of carbonyl (C=O) groups is 1. The molecule has 0 bridgehead atoms. The van der Waals surface area contributed by atoms with Crippen molar-refractivity contribution in [3.05, 3.63) is 42.4 Å². The molecular weight excluding hydrogens is 322 g/mol. The third kappa shape index (κ3) is 5.52. The molecule has 2 amide bonds. The number of hydrogen-bond donors (Lipinski definition) is 3. The van der Waals surface area contributed by atoms with Gasteiger partial charge in [0.1, 0.15) is 17.3 Å². The van der Waals surface area contributed by atoms with Gasteiger partial charge in [0.05, 0.1) is 26.5 Å². The Kier molecular flexibility index (Phi) is 6.82. The van der Waals surface area contributed by atoms with Crippen LogP contribution >= 0.6 is 0 Å². The minimum atomic E-state index is -0.265. The molecule has 1 heterocycles. The second kappa shape index (κ2) is 9.31. The molecule has 0 aliphatic rings. The maximum Gasteiger partial charge on any atom is 0.315 e. The fourth-order valence-corrected chi connectivity index (χ4v) is 2.26. The standard InChI is InChI=1S/C17H23N5O3/c1-12(14-10-13(24-2)4-5-15(14)25-3)22-17(23)21-9-8-20-16-11-18-6-7-19-16/h4-7,10-12H,8-9H2,1-3H3,(H,19,20)(H2,21,22,23)/t12-/m1/s1. The van der Waals surface area contributed by atoms with Crippen LogP contribution in [0.3, 0.4) is 0 Å². The highest BCUT2D eigenvalue weighted by Gasteiger charge is 2.15. The number of rotatable bonds is 8. The second-order valence-corrected chi connectivity index (χ2v) is 5.25. The van der Waals surface area contributed by atoms with Gasteiger partial charge in [0, 0.05) is 31.0 Å². The molecule has 0 aliphatic heterocycles. The quantitative estimate of drug-likeness (QED) is 0.633. The van der Waals surface area contributed by atoms with E-state index in [9.17, 15) is 4.79 Å². The van der Waals surface area contributed by atoms with Crippen LogP contribution in [-0.2, 0) is 0 Å². The van der Waals surface area contributed by atoms with Crippen LogP contribution in [-0.4, -0.2) is 43.3 Å². The third-order valence-electron chi connectivity index (χ3n) is 3.53. The van der Waals surface area contributed by atoms with Gasteiger partial charge in [0.15, 0.2) is 0 Å². The predicted octanol–water partition coefficient (Wildman–Crippen LogP) is 1.97. The SMILES string of the molecule is COc1ccc(OC)c([C@@H](C)NC(=O)NCCNc2cnccn2)c1. The van der Waals surface area contributed by atoms with Crippen LogP contribution in [0, 0.1) is 0 Å². The van der Waals surface area contributed by atoms with E-state index in [0.717, 1.165) is 5.56 Å². The lowest BCUT2D eigenvalue weighted by Gasteiger charge is -2.18. The first-order valence-electron chi connectivity index (χ1n) is 7.90. The maximum absolute atomic E-state index is 12.0. The van der Waals surface area contributed by atoms with E-state index in [1.165, 1.54) is 0 Å². The number of urea groups is 1. The summed E-state index contributed by atoms with van der Waals surface area (Å²) in [6.07, 6.45) is 4.83. The molecule has 8 heteroatoms. The molecule has 1 aromatic carbocycles. The number of anilines is 1. The number of methoxy groups -OCH3 is 2. The summed E-state index contributed by atoms with van der Waals surface area (Å²) in [6, 6.07) is 4.97. The van der Waals surface area contributed by atoms with Gasteiger partial charge in [-0.05, 0) is 25.1 Å². The van der Waals surface area contributed by atoms with Gasteiger partial charge >= 0.3 is 6.03 Å². The van der Waals surface area contributed by atoms with Crippen LogP contribution in [0.4, 0.5) is 10.6 Å². The van der Waals surface area contributed by atoms with Gasteiger partial charge in [-0.1, -0.05) is 0 Å². The van der Waals surface area contributed by atoms with Crippen LogP contribution in [0.15, 0.2) is 36.8 Å². The lowest BCUT2D eigenvalue weighted by molar-refractivity contribution is 0.238. The minimum Gasteiger partial charge on any atom is -0.497 e. The van der Waals surface area contributed by atoms with Crippen LogP contribution < -0.4 is 25.4 Å². The first-order chi connectivity index (χ1) is 12.1. The van der Waals surface area contributed by atoms with Crippen molar-refractivity contribution in [3.63, 3.8) is 0 Å². The van der Waals surface area contributed by atoms with E-state index < -0.39 is 0 Å². The molecule has 0 unspecified atom stereocenters. The monoisotopic (exact) mass is 345 g/mol. The maximum atomic E-state index is 12.0. The van der Waals surface area contributed by atoms with E-state index in [0.29, 0.717) is 30.4 Å². The van der Waals surface area contributed by atoms with E-state index in [1.54, 1.807) is 32.8 Å². The second-order valence-electron chi connectivity index (χ2n) is 5.25. The third-order valence-corrected chi connectivity index (χ3v) is 3.53. The van der Waals surface area contributed by atoms with E-state index in [4.69, 9.17) is 9.47 Å². The number of amides is 2. The molecule has 2 aromatic rings. The van der Waals surface area contributed by atoms with Crippen LogP contribution in [0.5, 0.6) is 11.5 Å². The summed E-state index contributed by atoms with van der Waals surface area (Å²) in [7, 11) is 3.19. The highest BCUT2D eigenvalue weighted by molar-refractivity contribution is 5.74. The van der Waals surface area contributed by atoms with Crippen molar-refractivity contribution in [1.82, 2.24) is 20.6 Å². The minimum absolute atomic E-state index is 0.238.